The van der Waals surface area contributed by atoms with Crippen LogP contribution in [0.15, 0.2) is 11.8 Å². The van der Waals surface area contributed by atoms with E-state index in [0.717, 1.165) is 13.4 Å². The molecule has 164 valence electrons. The minimum absolute atomic E-state index is 0.0832. The van der Waals surface area contributed by atoms with E-state index < -0.39 is 79.9 Å². The molecule has 0 aromatic rings. The molecule has 3 rings (SSSR count). The summed E-state index contributed by atoms with van der Waals surface area (Å²) in [6.45, 7) is -0.764. The molecular formula is C17H24O12. The van der Waals surface area contributed by atoms with Crippen LogP contribution in [0.5, 0.6) is 0 Å². The van der Waals surface area contributed by atoms with Gasteiger partial charge in [0.15, 0.2) is 6.29 Å². The molecule has 0 bridgehead atoms. The summed E-state index contributed by atoms with van der Waals surface area (Å²) in [4.78, 5) is 23.5. The summed E-state index contributed by atoms with van der Waals surface area (Å²) in [5, 5.41) is 48.6. The summed E-state index contributed by atoms with van der Waals surface area (Å²) < 4.78 is 34.4. The minimum Gasteiger partial charge on any atom is -0.481 e. The zero-order chi connectivity index (χ0) is 22.2. The van der Waals surface area contributed by atoms with E-state index in [2.05, 4.69) is 4.74 Å². The molecular weight excluding hydrogens is 396 g/mol. The van der Waals surface area contributed by atoms with Crippen LogP contribution in [0.2, 0.25) is 0 Å². The van der Waals surface area contributed by atoms with Crippen molar-refractivity contribution in [2.75, 3.05) is 20.3 Å². The van der Waals surface area contributed by atoms with E-state index in [1.807, 2.05) is 0 Å². The third-order valence-corrected chi connectivity index (χ3v) is 5.07. The largest absolute Gasteiger partial charge is 0.481 e. The van der Waals surface area contributed by atoms with Crippen molar-refractivity contribution >= 4 is 11.9 Å². The van der Waals surface area contributed by atoms with Gasteiger partial charge in [-0.1, -0.05) is 0 Å². The van der Waals surface area contributed by atoms with Crippen molar-refractivity contribution in [2.24, 2.45) is 11.8 Å². The number of methoxy groups -OCH3 is 1. The molecule has 3 aliphatic rings. The number of aliphatic carboxylic acids is 1. The maximum absolute atomic E-state index is 12.1. The highest BCUT2D eigenvalue weighted by molar-refractivity contribution is 5.89. The number of rotatable bonds is 7. The summed E-state index contributed by atoms with van der Waals surface area (Å²) in [6.07, 6.45) is -10.5. The third-order valence-electron chi connectivity index (χ3n) is 5.07. The van der Waals surface area contributed by atoms with Crippen molar-refractivity contribution in [3.63, 3.8) is 0 Å². The van der Waals surface area contributed by atoms with Gasteiger partial charge in [-0.05, 0) is 0 Å². The number of aliphatic hydroxyl groups excluding tert-OH is 4. The molecule has 5 N–H and O–H groups in total. The minimum atomic E-state index is -1.74. The second kappa shape index (κ2) is 8.92. The van der Waals surface area contributed by atoms with Crippen LogP contribution in [0.3, 0.4) is 0 Å². The Bertz CT molecular complexity index is 692. The van der Waals surface area contributed by atoms with Gasteiger partial charge in [-0.2, -0.15) is 0 Å². The van der Waals surface area contributed by atoms with E-state index >= 15 is 0 Å². The Labute approximate surface area is 166 Å². The molecule has 2 saturated heterocycles. The fourth-order valence-electron chi connectivity index (χ4n) is 3.48. The predicted molar refractivity (Wildman–Crippen MR) is 88.8 cm³/mol. The van der Waals surface area contributed by atoms with E-state index in [0.29, 0.717) is 0 Å². The van der Waals surface area contributed by atoms with E-state index in [-0.39, 0.29) is 12.2 Å². The second-order valence-corrected chi connectivity index (χ2v) is 6.89. The first-order valence-electron chi connectivity index (χ1n) is 9.38. The first kappa shape index (κ1) is 20.5. The molecule has 0 aromatic heterocycles. The third kappa shape index (κ3) is 4.53. The first-order valence-corrected chi connectivity index (χ1v) is 8.88. The van der Waals surface area contributed by atoms with Crippen LogP contribution < -0.4 is 0 Å². The average Bonchev–Trinajstić information content (AvgIpc) is 3.45. The van der Waals surface area contributed by atoms with Crippen LogP contribution in [-0.2, 0) is 33.3 Å². The molecule has 29 heavy (non-hydrogen) atoms. The summed E-state index contributed by atoms with van der Waals surface area (Å²) in [7, 11) is 1.11. The molecule has 3 aliphatic heterocycles. The van der Waals surface area contributed by atoms with Crippen molar-refractivity contribution in [1.82, 2.24) is 0 Å². The number of epoxide rings is 1. The van der Waals surface area contributed by atoms with E-state index in [1.54, 1.807) is 0 Å². The number of ether oxygens (including phenoxy) is 5. The number of esters is 1. The van der Waals surface area contributed by atoms with Crippen LogP contribution >= 0.6 is 0 Å². The van der Waals surface area contributed by atoms with Gasteiger partial charge in [0.2, 0.25) is 6.29 Å². The smallest absolute Gasteiger partial charge is 0.337 e. The fraction of sp³-hybridized carbons (Fsp3) is 0.765. The summed E-state index contributed by atoms with van der Waals surface area (Å²) >= 11 is 0. The second-order valence-electron chi connectivity index (χ2n) is 6.89. The lowest BCUT2D eigenvalue weighted by molar-refractivity contribution is -0.342. The predicted octanol–water partition coefficient (Wildman–Crippen LogP) is -2.68. The zero-order valence-electron chi connectivity index (χ0n) is 16.4. The maximum Gasteiger partial charge on any atom is 0.337 e. The quantitative estimate of drug-likeness (QED) is 0.212. The van der Waals surface area contributed by atoms with Gasteiger partial charge in [-0.3, -0.25) is 4.79 Å². The van der Waals surface area contributed by atoms with E-state index in [4.69, 9.17) is 20.3 Å². The molecule has 3 heterocycles. The highest BCUT2D eigenvalue weighted by Crippen LogP contribution is 2.42. The monoisotopic (exact) mass is 422 g/mol. The molecule has 2 fully saturated rings. The van der Waals surface area contributed by atoms with Gasteiger partial charge in [0.05, 0.1) is 51.9 Å². The molecule has 0 saturated carbocycles. The molecule has 0 spiro atoms. The number of hydrogen-bond donors (Lipinski definition) is 5. The Hall–Kier alpha value is -1.80. The van der Waals surface area contributed by atoms with Crippen LogP contribution in [0.25, 0.3) is 0 Å². The van der Waals surface area contributed by atoms with Crippen molar-refractivity contribution in [3.8, 4) is 0 Å². The van der Waals surface area contributed by atoms with Crippen LogP contribution in [0.1, 0.15) is 7.79 Å². The molecule has 9 atom stereocenters. The van der Waals surface area contributed by atoms with Crippen molar-refractivity contribution in [2.45, 2.75) is 49.5 Å². The van der Waals surface area contributed by atoms with Gasteiger partial charge in [0.1, 0.15) is 24.4 Å². The Balaban J connectivity index is 1.88. The molecule has 0 aromatic carbocycles. The number of carbonyl (C=O) groups is 2. The summed E-state index contributed by atoms with van der Waals surface area (Å²) in [5.74, 6) is -4.32. The SMILES string of the molecule is [3H][C@@]1([C@H]2[C@H](O[C@@H]3O[C@H](CO)[C@@H](O)[C@H](O)[C@H]3O)OC=C(C(=O)OC)[C@H]2CC(=O)O)CO1. The Kier molecular flexibility index (Phi) is 6.29. The first-order chi connectivity index (χ1) is 14.1. The number of carbonyl (C=O) groups excluding carboxylic acids is 1. The highest BCUT2D eigenvalue weighted by Gasteiger charge is 2.53. The summed E-state index contributed by atoms with van der Waals surface area (Å²) in [5.41, 5.74) is -0.124. The Morgan fingerprint density at radius 1 is 1.24 bits per heavy atom. The molecule has 0 aliphatic carbocycles. The normalized spacial score (nSPS) is 44.9. The lowest BCUT2D eigenvalue weighted by atomic mass is 9.79. The van der Waals surface area contributed by atoms with Crippen molar-refractivity contribution in [1.29, 1.82) is 0 Å². The van der Waals surface area contributed by atoms with Gasteiger partial charge in [0.25, 0.3) is 0 Å². The molecule has 0 amide bonds. The van der Waals surface area contributed by atoms with Crippen molar-refractivity contribution < 1.29 is 60.2 Å². The van der Waals surface area contributed by atoms with Gasteiger partial charge in [-0.15, -0.1) is 0 Å². The Morgan fingerprint density at radius 3 is 2.48 bits per heavy atom. The van der Waals surface area contributed by atoms with Crippen molar-refractivity contribution in [3.05, 3.63) is 11.8 Å². The van der Waals surface area contributed by atoms with Gasteiger partial charge < -0.3 is 49.2 Å². The van der Waals surface area contributed by atoms with E-state index in [1.165, 1.54) is 0 Å². The van der Waals surface area contributed by atoms with E-state index in [9.17, 15) is 35.1 Å². The van der Waals surface area contributed by atoms with Crippen LogP contribution in [-0.4, -0.2) is 101 Å². The fourth-order valence-corrected chi connectivity index (χ4v) is 3.48. The maximum atomic E-state index is 12.1. The lowest BCUT2D eigenvalue weighted by Crippen LogP contribution is -2.60. The standard InChI is InChI=1S/C17H24O12/c1-25-15(24)7-4-27-16(11(9-5-26-9)6(7)2-10(19)20)29-17-14(23)13(22)12(21)8(3-18)28-17/h4,6,8-9,11-14,16-18,21-23H,2-3,5H2,1H3,(H,19,20)/t6-,8-,9+,11+,12-,13+,14-,16+,17+/m1/s1/i9T. The number of carboxylic acids is 1. The highest BCUT2D eigenvalue weighted by atomic mass is 16.8. The molecule has 0 radical (unpaired) electrons. The number of aliphatic hydroxyl groups is 4. The Morgan fingerprint density at radius 2 is 1.93 bits per heavy atom. The summed E-state index contributed by atoms with van der Waals surface area (Å²) in [6, 6.07) is 0. The number of hydrogen-bond acceptors (Lipinski definition) is 11. The molecule has 12 heteroatoms. The number of carboxylic acid groups (broad SMARTS) is 1. The zero-order valence-corrected chi connectivity index (χ0v) is 15.4. The molecule has 0 unspecified atom stereocenters. The molecule has 12 nitrogen and oxygen atoms in total. The van der Waals surface area contributed by atoms with Crippen LogP contribution in [0, 0.1) is 11.8 Å². The van der Waals surface area contributed by atoms with Crippen LogP contribution in [0.4, 0.5) is 0 Å². The van der Waals surface area contributed by atoms with Gasteiger partial charge >= 0.3 is 11.9 Å². The average molecular weight is 422 g/mol. The van der Waals surface area contributed by atoms with Gasteiger partial charge in [0, 0.05) is 5.92 Å². The topological polar surface area (TPSA) is 185 Å². The van der Waals surface area contributed by atoms with Gasteiger partial charge in [-0.25, -0.2) is 4.79 Å². The lowest BCUT2D eigenvalue weighted by Gasteiger charge is -2.43.